The number of rotatable bonds is 7. The fraction of sp³-hybridized carbons (Fsp3) is 0.480. The summed E-state index contributed by atoms with van der Waals surface area (Å²) in [4.78, 5) is 20.7. The molecule has 1 aromatic carbocycles. The summed E-state index contributed by atoms with van der Waals surface area (Å²) in [5.41, 5.74) is 2.59. The Hall–Kier alpha value is -2.58. The van der Waals surface area contributed by atoms with Crippen molar-refractivity contribution in [1.29, 1.82) is 5.41 Å². The number of carbonyl (C=O) groups is 1. The molecule has 2 aromatic rings. The summed E-state index contributed by atoms with van der Waals surface area (Å²) in [6, 6.07) is 9.41. The first-order valence-electron chi connectivity index (χ1n) is 12.0. The van der Waals surface area contributed by atoms with Gasteiger partial charge in [0, 0.05) is 30.6 Å². The number of amides is 1. The first kappa shape index (κ1) is 23.2. The van der Waals surface area contributed by atoms with Gasteiger partial charge >= 0.3 is 0 Å². The van der Waals surface area contributed by atoms with Gasteiger partial charge in [-0.1, -0.05) is 22.8 Å². The van der Waals surface area contributed by atoms with Gasteiger partial charge in [-0.25, -0.2) is 0 Å². The van der Waals surface area contributed by atoms with E-state index in [4.69, 9.17) is 26.6 Å². The fourth-order valence-corrected chi connectivity index (χ4v) is 5.70. The summed E-state index contributed by atoms with van der Waals surface area (Å²) in [5, 5.41) is 15.9. The third-order valence-corrected chi connectivity index (χ3v) is 7.83. The number of likely N-dealkylation sites (tertiary alicyclic amines) is 1. The van der Waals surface area contributed by atoms with Gasteiger partial charge in [-0.3, -0.25) is 10.2 Å². The van der Waals surface area contributed by atoms with E-state index in [-0.39, 0.29) is 18.1 Å². The second-order valence-electron chi connectivity index (χ2n) is 9.06. The topological polar surface area (TPSA) is 87.0 Å². The predicted octanol–water partition coefficient (Wildman–Crippen LogP) is 5.07. The summed E-state index contributed by atoms with van der Waals surface area (Å²) >= 11 is 7.18. The van der Waals surface area contributed by atoms with Crippen LogP contribution in [0.25, 0.3) is 0 Å². The molecular formula is C25H29ClN4O3S. The zero-order chi connectivity index (χ0) is 23.5. The predicted molar refractivity (Wildman–Crippen MR) is 135 cm³/mol. The Morgan fingerprint density at radius 1 is 1.21 bits per heavy atom. The van der Waals surface area contributed by atoms with Crippen molar-refractivity contribution in [3.63, 3.8) is 0 Å². The lowest BCUT2D eigenvalue weighted by Crippen LogP contribution is -2.32. The summed E-state index contributed by atoms with van der Waals surface area (Å²) in [5.74, 6) is 1.16. The highest BCUT2D eigenvalue weighted by molar-refractivity contribution is 7.18. The molecule has 0 spiro atoms. The number of thiophene rings is 1. The van der Waals surface area contributed by atoms with Gasteiger partial charge in [-0.05, 0) is 62.8 Å². The van der Waals surface area contributed by atoms with Crippen molar-refractivity contribution in [3.8, 4) is 5.75 Å². The molecule has 180 valence electrons. The highest BCUT2D eigenvalue weighted by Gasteiger charge is 2.28. The molecule has 2 aliphatic heterocycles. The molecule has 2 N–H and O–H groups in total. The quantitative estimate of drug-likeness (QED) is 0.410. The van der Waals surface area contributed by atoms with E-state index in [2.05, 4.69) is 15.4 Å². The Kier molecular flexibility index (Phi) is 7.06. The van der Waals surface area contributed by atoms with Gasteiger partial charge in [0.2, 0.25) is 0 Å². The lowest BCUT2D eigenvalue weighted by Gasteiger charge is -2.21. The lowest BCUT2D eigenvalue weighted by molar-refractivity contribution is 0.0755. The van der Waals surface area contributed by atoms with Crippen LogP contribution in [0.4, 0.5) is 0 Å². The van der Waals surface area contributed by atoms with Gasteiger partial charge in [0.25, 0.3) is 5.91 Å². The summed E-state index contributed by atoms with van der Waals surface area (Å²) in [7, 11) is 0. The maximum Gasteiger partial charge on any atom is 0.261 e. The molecule has 0 bridgehead atoms. The smallest absolute Gasteiger partial charge is 0.261 e. The Morgan fingerprint density at radius 2 is 2.00 bits per heavy atom. The van der Waals surface area contributed by atoms with Gasteiger partial charge in [0.05, 0.1) is 27.6 Å². The average Bonchev–Trinajstić information content (AvgIpc) is 3.65. The van der Waals surface area contributed by atoms with E-state index < -0.39 is 0 Å². The molecule has 1 amide bonds. The van der Waals surface area contributed by atoms with E-state index in [0.717, 1.165) is 61.4 Å². The molecule has 1 saturated carbocycles. The number of nitrogens with one attached hydrogen (secondary N) is 2. The molecule has 7 nitrogen and oxygen atoms in total. The van der Waals surface area contributed by atoms with Crippen LogP contribution in [-0.4, -0.2) is 54.2 Å². The number of amidine groups is 1. The second kappa shape index (κ2) is 10.4. The summed E-state index contributed by atoms with van der Waals surface area (Å²) < 4.78 is 7.02. The minimum atomic E-state index is -0.240. The van der Waals surface area contributed by atoms with E-state index in [9.17, 15) is 4.79 Å². The van der Waals surface area contributed by atoms with Crippen LogP contribution >= 0.6 is 22.9 Å². The van der Waals surface area contributed by atoms with E-state index in [0.29, 0.717) is 28.0 Å². The number of carbonyl (C=O) groups excluding carboxylic acids is 1. The van der Waals surface area contributed by atoms with Crippen molar-refractivity contribution in [1.82, 2.24) is 10.2 Å². The van der Waals surface area contributed by atoms with Crippen LogP contribution in [0.2, 0.25) is 4.34 Å². The number of hydrogen-bond acceptors (Lipinski definition) is 6. The van der Waals surface area contributed by atoms with Crippen molar-refractivity contribution in [2.75, 3.05) is 19.6 Å². The Bertz CT molecular complexity index is 1090. The highest BCUT2D eigenvalue weighted by atomic mass is 35.5. The number of benzene rings is 1. The maximum atomic E-state index is 12.3. The highest BCUT2D eigenvalue weighted by Crippen LogP contribution is 2.31. The van der Waals surface area contributed by atoms with Crippen LogP contribution in [0.3, 0.4) is 0 Å². The number of oxime groups is 1. The van der Waals surface area contributed by atoms with Crippen molar-refractivity contribution >= 4 is 40.4 Å². The zero-order valence-corrected chi connectivity index (χ0v) is 20.6. The van der Waals surface area contributed by atoms with Gasteiger partial charge in [-0.15, -0.1) is 11.3 Å². The molecule has 5 rings (SSSR count). The van der Waals surface area contributed by atoms with Crippen LogP contribution < -0.4 is 10.1 Å². The van der Waals surface area contributed by atoms with Crippen LogP contribution in [0.15, 0.2) is 35.5 Å². The normalized spacial score (nSPS) is 20.3. The number of halogens is 1. The number of ether oxygens (including phenoxy) is 1. The van der Waals surface area contributed by atoms with Crippen molar-refractivity contribution < 1.29 is 14.4 Å². The van der Waals surface area contributed by atoms with Crippen LogP contribution in [-0.2, 0) is 4.84 Å². The zero-order valence-electron chi connectivity index (χ0n) is 19.0. The molecule has 1 aromatic heterocycles. The monoisotopic (exact) mass is 500 g/mol. The van der Waals surface area contributed by atoms with E-state index >= 15 is 0 Å². The minimum absolute atomic E-state index is 0.163. The third-order valence-electron chi connectivity index (χ3n) is 6.60. The molecular weight excluding hydrogens is 472 g/mol. The third kappa shape index (κ3) is 5.23. The Balaban J connectivity index is 1.27. The minimum Gasteiger partial charge on any atom is -0.490 e. The van der Waals surface area contributed by atoms with Crippen molar-refractivity contribution in [3.05, 3.63) is 50.7 Å². The van der Waals surface area contributed by atoms with Gasteiger partial charge in [0.15, 0.2) is 0 Å². The number of hydrogen-bond donors (Lipinski definition) is 2. The standard InChI is InChI=1S/C25H29ClN4O3S/c26-23-10-9-22(34-23)25(31)28-15-18-14-20(29-33-18)19-8-7-16(24(27)30-11-3-4-12-30)13-21(19)32-17-5-1-2-6-17/h7-10,13,17-18,27H,1-6,11-12,14-15H2,(H,28,31). The van der Waals surface area contributed by atoms with Gasteiger partial charge < -0.3 is 19.8 Å². The Labute approximate surface area is 208 Å². The number of nitrogens with zero attached hydrogens (tertiary/aromatic N) is 2. The summed E-state index contributed by atoms with van der Waals surface area (Å²) in [6.07, 6.45) is 7.29. The Morgan fingerprint density at radius 3 is 2.74 bits per heavy atom. The molecule has 1 saturated heterocycles. The SMILES string of the molecule is N=C(c1ccc(C2=NOC(CNC(=O)c3ccc(Cl)s3)C2)c(OC2CCCC2)c1)N1CCCC1. The molecule has 3 aliphatic rings. The van der Waals surface area contributed by atoms with Crippen LogP contribution in [0.5, 0.6) is 5.75 Å². The first-order chi connectivity index (χ1) is 16.6. The summed E-state index contributed by atoms with van der Waals surface area (Å²) in [6.45, 7) is 2.23. The lowest BCUT2D eigenvalue weighted by atomic mass is 10.0. The average molecular weight is 501 g/mol. The molecule has 3 heterocycles. The largest absolute Gasteiger partial charge is 0.490 e. The molecule has 1 unspecified atom stereocenters. The molecule has 2 fully saturated rings. The van der Waals surface area contributed by atoms with Gasteiger partial charge in [-0.2, -0.15) is 0 Å². The molecule has 1 atom stereocenters. The van der Waals surface area contributed by atoms with Gasteiger partial charge in [0.1, 0.15) is 17.7 Å². The van der Waals surface area contributed by atoms with Crippen molar-refractivity contribution in [2.45, 2.75) is 57.2 Å². The van der Waals surface area contributed by atoms with Crippen LogP contribution in [0.1, 0.15) is 65.7 Å². The molecule has 1 aliphatic carbocycles. The maximum absolute atomic E-state index is 12.3. The second-order valence-corrected chi connectivity index (χ2v) is 10.8. The van der Waals surface area contributed by atoms with E-state index in [1.807, 2.05) is 18.2 Å². The molecule has 0 radical (unpaired) electrons. The van der Waals surface area contributed by atoms with Crippen molar-refractivity contribution in [2.24, 2.45) is 5.16 Å². The first-order valence-corrected chi connectivity index (χ1v) is 13.2. The fourth-order valence-electron chi connectivity index (χ4n) is 4.74. The van der Waals surface area contributed by atoms with Crippen LogP contribution in [0, 0.1) is 5.41 Å². The molecule has 34 heavy (non-hydrogen) atoms. The van der Waals surface area contributed by atoms with E-state index in [1.54, 1.807) is 12.1 Å². The van der Waals surface area contributed by atoms with E-state index in [1.165, 1.54) is 24.2 Å². The molecule has 9 heteroatoms.